The number of ether oxygens (including phenoxy) is 1. The van der Waals surface area contributed by atoms with Gasteiger partial charge in [-0.3, -0.25) is 0 Å². The number of nitrogens with zero attached hydrogens (tertiary/aromatic N) is 3. The second-order valence-electron chi connectivity index (χ2n) is 4.27. The molecule has 0 saturated carbocycles. The number of azide groups is 1. The molecule has 5 nitrogen and oxygen atoms in total. The summed E-state index contributed by atoms with van der Waals surface area (Å²) in [7, 11) is 0. The van der Waals surface area contributed by atoms with Gasteiger partial charge in [0.05, 0.1) is 0 Å². The molecule has 0 bridgehead atoms. The van der Waals surface area contributed by atoms with Crippen molar-refractivity contribution < 1.29 is 9.53 Å². The molecule has 0 aromatic heterocycles. The summed E-state index contributed by atoms with van der Waals surface area (Å²) in [5.41, 5.74) is 7.58. The van der Waals surface area contributed by atoms with Crippen LogP contribution >= 0.6 is 0 Å². The first-order chi connectivity index (χ1) is 6.33. The van der Waals surface area contributed by atoms with Gasteiger partial charge in [-0.05, 0) is 19.4 Å². The summed E-state index contributed by atoms with van der Waals surface area (Å²) in [6.45, 7) is 7.44. The minimum atomic E-state index is -0.569. The molecule has 0 atom stereocenters. The molecule has 0 radical (unpaired) electrons. The van der Waals surface area contributed by atoms with E-state index in [0.717, 1.165) is 0 Å². The zero-order chi connectivity index (χ0) is 11.0. The van der Waals surface area contributed by atoms with Crippen LogP contribution in [0.4, 0.5) is 0 Å². The minimum absolute atomic E-state index is 0.410. The second-order valence-corrected chi connectivity index (χ2v) is 4.27. The Bertz CT molecular complexity index is 349. The predicted molar refractivity (Wildman–Crippen MR) is 51.2 cm³/mol. The fraction of sp³-hybridized carbons (Fsp3) is 0.667. The summed E-state index contributed by atoms with van der Waals surface area (Å²) in [5.74, 6) is -0.410. The Hall–Kier alpha value is -1.48. The molecule has 0 unspecified atom stereocenters. The van der Waals surface area contributed by atoms with Crippen molar-refractivity contribution in [1.82, 2.24) is 0 Å². The van der Waals surface area contributed by atoms with Crippen LogP contribution in [0.1, 0.15) is 27.7 Å². The van der Waals surface area contributed by atoms with Crippen LogP contribution in [-0.2, 0) is 9.53 Å². The average molecular weight is 195 g/mol. The normalized spacial score (nSPS) is 25.7. The number of cyclic esters (lactones) is 1. The molecule has 5 heteroatoms. The van der Waals surface area contributed by atoms with E-state index in [0.29, 0.717) is 5.57 Å². The van der Waals surface area contributed by atoms with Crippen molar-refractivity contribution in [2.45, 2.75) is 33.3 Å². The van der Waals surface area contributed by atoms with Gasteiger partial charge >= 0.3 is 5.97 Å². The summed E-state index contributed by atoms with van der Waals surface area (Å²) in [6, 6.07) is 0. The molecule has 0 N–H and O–H groups in total. The Morgan fingerprint density at radius 1 is 1.43 bits per heavy atom. The Balaban J connectivity index is 3.21. The third-order valence-electron chi connectivity index (χ3n) is 2.98. The molecule has 1 saturated heterocycles. The van der Waals surface area contributed by atoms with Gasteiger partial charge in [0.1, 0.15) is 5.60 Å². The van der Waals surface area contributed by atoms with Gasteiger partial charge < -0.3 is 4.74 Å². The van der Waals surface area contributed by atoms with Crippen molar-refractivity contribution in [3.63, 3.8) is 0 Å². The molecule has 0 spiro atoms. The van der Waals surface area contributed by atoms with Crippen LogP contribution in [0.3, 0.4) is 0 Å². The van der Waals surface area contributed by atoms with Gasteiger partial charge in [0.15, 0.2) is 0 Å². The van der Waals surface area contributed by atoms with Crippen molar-refractivity contribution in [2.24, 2.45) is 10.5 Å². The molecule has 76 valence electrons. The van der Waals surface area contributed by atoms with E-state index in [4.69, 9.17) is 10.3 Å². The first-order valence-corrected chi connectivity index (χ1v) is 4.31. The highest BCUT2D eigenvalue weighted by molar-refractivity contribution is 5.93. The van der Waals surface area contributed by atoms with Gasteiger partial charge in [-0.2, -0.15) is 0 Å². The lowest BCUT2D eigenvalue weighted by Crippen LogP contribution is -2.35. The lowest BCUT2D eigenvalue weighted by Gasteiger charge is -2.31. The molecule has 1 heterocycles. The number of hydrogen-bond acceptors (Lipinski definition) is 3. The van der Waals surface area contributed by atoms with E-state index >= 15 is 0 Å². The summed E-state index contributed by atoms with van der Waals surface area (Å²) in [5, 5.41) is 3.28. The average Bonchev–Trinajstić information content (AvgIpc) is 2.16. The fourth-order valence-corrected chi connectivity index (χ4v) is 1.29. The molecular weight excluding hydrogens is 182 g/mol. The van der Waals surface area contributed by atoms with E-state index in [1.54, 1.807) is 0 Å². The smallest absolute Gasteiger partial charge is 0.335 e. The first-order valence-electron chi connectivity index (χ1n) is 4.31. The third-order valence-corrected chi connectivity index (χ3v) is 2.98. The van der Waals surface area contributed by atoms with Crippen molar-refractivity contribution in [3.8, 4) is 0 Å². The van der Waals surface area contributed by atoms with Gasteiger partial charge in [0.25, 0.3) is 0 Å². The Morgan fingerprint density at radius 2 is 2.00 bits per heavy atom. The van der Waals surface area contributed by atoms with Crippen LogP contribution in [0.2, 0.25) is 0 Å². The lowest BCUT2D eigenvalue weighted by molar-refractivity contribution is -0.146. The van der Waals surface area contributed by atoms with E-state index in [1.165, 1.54) is 6.20 Å². The van der Waals surface area contributed by atoms with Gasteiger partial charge in [0.2, 0.25) is 0 Å². The van der Waals surface area contributed by atoms with E-state index < -0.39 is 17.0 Å². The number of esters is 1. The summed E-state index contributed by atoms with van der Waals surface area (Å²) >= 11 is 0. The van der Waals surface area contributed by atoms with Crippen molar-refractivity contribution in [3.05, 3.63) is 22.2 Å². The maximum absolute atomic E-state index is 11.4. The Kier molecular flexibility index (Phi) is 2.29. The molecule has 0 amide bonds. The quantitative estimate of drug-likeness (QED) is 0.212. The first kappa shape index (κ1) is 10.6. The monoisotopic (exact) mass is 195 g/mol. The van der Waals surface area contributed by atoms with Crippen LogP contribution in [0.25, 0.3) is 10.4 Å². The standard InChI is InChI=1S/C9H13N3O2/c1-8(2)6(5-11-12-10)7(13)14-9(8,3)4/h5H,1-4H3/b6-5-. The molecule has 0 aromatic rings. The molecule has 1 fully saturated rings. The van der Waals surface area contributed by atoms with Gasteiger partial charge in [-0.15, -0.1) is 0 Å². The molecule has 1 rings (SSSR count). The lowest BCUT2D eigenvalue weighted by atomic mass is 9.74. The Morgan fingerprint density at radius 3 is 2.36 bits per heavy atom. The summed E-state index contributed by atoms with van der Waals surface area (Å²) in [4.78, 5) is 14.0. The number of carbonyl (C=O) groups excluding carboxylic acids is 1. The number of rotatable bonds is 1. The van der Waals surface area contributed by atoms with Gasteiger partial charge in [-0.25, -0.2) is 4.79 Å². The number of carbonyl (C=O) groups is 1. The summed E-state index contributed by atoms with van der Waals surface area (Å²) in [6.07, 6.45) is 1.23. The van der Waals surface area contributed by atoms with Crippen LogP contribution in [0, 0.1) is 5.41 Å². The van der Waals surface area contributed by atoms with E-state index in [-0.39, 0.29) is 0 Å². The van der Waals surface area contributed by atoms with E-state index in [1.807, 2.05) is 27.7 Å². The van der Waals surface area contributed by atoms with Crippen molar-refractivity contribution in [1.29, 1.82) is 0 Å². The van der Waals surface area contributed by atoms with Crippen molar-refractivity contribution in [2.75, 3.05) is 0 Å². The maximum Gasteiger partial charge on any atom is 0.335 e. The molecule has 14 heavy (non-hydrogen) atoms. The van der Waals surface area contributed by atoms with E-state index in [2.05, 4.69) is 10.0 Å². The third kappa shape index (κ3) is 1.36. The minimum Gasteiger partial charge on any atom is -0.455 e. The number of hydrogen-bond donors (Lipinski definition) is 0. The molecular formula is C9H13N3O2. The highest BCUT2D eigenvalue weighted by atomic mass is 16.6. The predicted octanol–water partition coefficient (Wildman–Crippen LogP) is 2.54. The van der Waals surface area contributed by atoms with Gasteiger partial charge in [0, 0.05) is 22.1 Å². The zero-order valence-corrected chi connectivity index (χ0v) is 8.74. The molecule has 0 aliphatic carbocycles. The largest absolute Gasteiger partial charge is 0.455 e. The Labute approximate surface area is 82.4 Å². The molecule has 1 aliphatic rings. The zero-order valence-electron chi connectivity index (χ0n) is 8.74. The van der Waals surface area contributed by atoms with E-state index in [9.17, 15) is 4.79 Å². The summed E-state index contributed by atoms with van der Waals surface area (Å²) < 4.78 is 5.18. The van der Waals surface area contributed by atoms with Crippen LogP contribution in [0.15, 0.2) is 16.9 Å². The highest BCUT2D eigenvalue weighted by Gasteiger charge is 2.52. The van der Waals surface area contributed by atoms with Crippen LogP contribution < -0.4 is 0 Å². The highest BCUT2D eigenvalue weighted by Crippen LogP contribution is 2.46. The topological polar surface area (TPSA) is 75.1 Å². The van der Waals surface area contributed by atoms with Crippen LogP contribution in [0.5, 0.6) is 0 Å². The molecule has 1 aliphatic heterocycles. The van der Waals surface area contributed by atoms with Gasteiger partial charge in [-0.1, -0.05) is 19.0 Å². The fourth-order valence-electron chi connectivity index (χ4n) is 1.29. The maximum atomic E-state index is 11.4. The molecule has 0 aromatic carbocycles. The second kappa shape index (κ2) is 3.03. The SMILES string of the molecule is CC1(C)OC(=O)/C(=C/N=[N+]=[N-])C1(C)C. The van der Waals surface area contributed by atoms with Crippen LogP contribution in [-0.4, -0.2) is 11.6 Å². The van der Waals surface area contributed by atoms with Crippen molar-refractivity contribution >= 4 is 5.97 Å².